The second-order valence-electron chi connectivity index (χ2n) is 7.49. The smallest absolute Gasteiger partial charge is 0.303 e. The van der Waals surface area contributed by atoms with Crippen LogP contribution in [0.1, 0.15) is 42.5 Å². The van der Waals surface area contributed by atoms with Crippen molar-refractivity contribution < 1.29 is 27.6 Å². The number of rotatable bonds is 12. The molecule has 7 nitrogen and oxygen atoms in total. The van der Waals surface area contributed by atoms with Gasteiger partial charge in [0.1, 0.15) is 12.4 Å². The number of carbonyl (C=O) groups is 1. The maximum Gasteiger partial charge on any atom is 0.303 e. The third-order valence-electron chi connectivity index (χ3n) is 5.06. The number of benzene rings is 1. The zero-order valence-corrected chi connectivity index (χ0v) is 18.8. The average molecular weight is 466 g/mol. The summed E-state index contributed by atoms with van der Waals surface area (Å²) in [6.07, 6.45) is 4.75. The molecule has 0 aliphatic carbocycles. The van der Waals surface area contributed by atoms with Crippen molar-refractivity contribution in [2.24, 2.45) is 0 Å². The van der Waals surface area contributed by atoms with Gasteiger partial charge in [0.05, 0.1) is 5.75 Å². The molecule has 0 radical (unpaired) electrons. The van der Waals surface area contributed by atoms with E-state index in [1.807, 2.05) is 29.6 Å². The number of anilines is 1. The van der Waals surface area contributed by atoms with Crippen molar-refractivity contribution in [2.75, 3.05) is 30.3 Å². The molecular formula is C22H27NO6S2. The minimum Gasteiger partial charge on any atom is -0.488 e. The van der Waals surface area contributed by atoms with Crippen molar-refractivity contribution in [1.29, 1.82) is 0 Å². The molecule has 2 aromatic rings. The maximum atomic E-state index is 11.1. The first-order valence-corrected chi connectivity index (χ1v) is 12.7. The quantitative estimate of drug-likeness (QED) is 0.353. The SMILES string of the molecule is O=C(O)CCCCCN(CCCS(=O)(=O)O)c1ccc2c(c1)OCC(c1cccs1)=C2. The van der Waals surface area contributed by atoms with Gasteiger partial charge in [0.25, 0.3) is 10.1 Å². The Labute approximate surface area is 186 Å². The van der Waals surface area contributed by atoms with Crippen LogP contribution >= 0.6 is 11.3 Å². The number of hydrogen-bond donors (Lipinski definition) is 2. The Balaban J connectivity index is 1.69. The fraction of sp³-hybridized carbons (Fsp3) is 0.409. The second-order valence-corrected chi connectivity index (χ2v) is 10.0. The van der Waals surface area contributed by atoms with E-state index in [2.05, 4.69) is 17.0 Å². The Morgan fingerprint density at radius 2 is 1.94 bits per heavy atom. The zero-order valence-electron chi connectivity index (χ0n) is 17.2. The van der Waals surface area contributed by atoms with Crippen molar-refractivity contribution in [3.8, 4) is 5.75 Å². The van der Waals surface area contributed by atoms with Crippen LogP contribution in [-0.2, 0) is 14.9 Å². The lowest BCUT2D eigenvalue weighted by molar-refractivity contribution is -0.137. The number of fused-ring (bicyclic) bond motifs is 1. The molecule has 9 heteroatoms. The van der Waals surface area contributed by atoms with Gasteiger partial charge < -0.3 is 14.7 Å². The highest BCUT2D eigenvalue weighted by Crippen LogP contribution is 2.35. The van der Waals surface area contributed by atoms with E-state index in [1.54, 1.807) is 11.3 Å². The molecule has 0 spiro atoms. The number of nitrogens with zero attached hydrogens (tertiary/aromatic N) is 1. The van der Waals surface area contributed by atoms with Gasteiger partial charge in [-0.05, 0) is 48.9 Å². The molecule has 2 N–H and O–H groups in total. The molecule has 0 amide bonds. The normalized spacial score (nSPS) is 13.3. The van der Waals surface area contributed by atoms with E-state index in [1.165, 1.54) is 4.88 Å². The van der Waals surface area contributed by atoms with Crippen molar-refractivity contribution in [3.63, 3.8) is 0 Å². The van der Waals surface area contributed by atoms with Crippen molar-refractivity contribution in [2.45, 2.75) is 32.1 Å². The first-order valence-electron chi connectivity index (χ1n) is 10.2. The number of hydrogen-bond acceptors (Lipinski definition) is 6. The van der Waals surface area contributed by atoms with Gasteiger partial charge in [0.2, 0.25) is 0 Å². The first kappa shape index (κ1) is 23.3. The van der Waals surface area contributed by atoms with E-state index in [-0.39, 0.29) is 12.2 Å². The lowest BCUT2D eigenvalue weighted by atomic mass is 10.1. The van der Waals surface area contributed by atoms with Gasteiger partial charge in [-0.25, -0.2) is 0 Å². The van der Waals surface area contributed by atoms with Crippen LogP contribution in [0.4, 0.5) is 5.69 Å². The summed E-state index contributed by atoms with van der Waals surface area (Å²) in [6, 6.07) is 10.0. The number of carboxylic acids is 1. The lowest BCUT2D eigenvalue weighted by Gasteiger charge is -2.27. The Hall–Kier alpha value is -2.36. The molecule has 1 aliphatic rings. The van der Waals surface area contributed by atoms with E-state index in [4.69, 9.17) is 14.4 Å². The molecule has 31 heavy (non-hydrogen) atoms. The monoisotopic (exact) mass is 465 g/mol. The van der Waals surface area contributed by atoms with Crippen molar-refractivity contribution >= 4 is 44.8 Å². The molecule has 0 saturated carbocycles. The molecule has 1 aromatic carbocycles. The van der Waals surface area contributed by atoms with Crippen LogP contribution in [-0.4, -0.2) is 49.5 Å². The van der Waals surface area contributed by atoms with Gasteiger partial charge >= 0.3 is 5.97 Å². The fourth-order valence-corrected chi connectivity index (χ4v) is 4.74. The predicted molar refractivity (Wildman–Crippen MR) is 123 cm³/mol. The average Bonchev–Trinajstić information content (AvgIpc) is 3.25. The second kappa shape index (κ2) is 10.8. The molecule has 0 fully saturated rings. The molecular weight excluding hydrogens is 438 g/mol. The van der Waals surface area contributed by atoms with Crippen LogP contribution in [0, 0.1) is 0 Å². The largest absolute Gasteiger partial charge is 0.488 e. The third-order valence-corrected chi connectivity index (χ3v) is 6.81. The van der Waals surface area contributed by atoms with Crippen LogP contribution in [0.15, 0.2) is 35.7 Å². The number of ether oxygens (including phenoxy) is 1. The third kappa shape index (κ3) is 7.37. The van der Waals surface area contributed by atoms with E-state index < -0.39 is 16.1 Å². The lowest BCUT2D eigenvalue weighted by Crippen LogP contribution is -2.27. The topological polar surface area (TPSA) is 104 Å². The highest BCUT2D eigenvalue weighted by atomic mass is 32.2. The summed E-state index contributed by atoms with van der Waals surface area (Å²) in [5, 5.41) is 10.8. The molecule has 1 aliphatic heterocycles. The van der Waals surface area contributed by atoms with Gasteiger partial charge in [-0.1, -0.05) is 12.5 Å². The first-order chi connectivity index (χ1) is 14.8. The summed E-state index contributed by atoms with van der Waals surface area (Å²) in [5.41, 5.74) is 3.05. The Morgan fingerprint density at radius 3 is 2.65 bits per heavy atom. The van der Waals surface area contributed by atoms with Gasteiger partial charge in [0, 0.05) is 47.3 Å². The number of aliphatic carboxylic acids is 1. The van der Waals surface area contributed by atoms with Crippen molar-refractivity contribution in [1.82, 2.24) is 0 Å². The van der Waals surface area contributed by atoms with Crippen LogP contribution in [0.25, 0.3) is 11.6 Å². The Bertz CT molecular complexity index is 1010. The van der Waals surface area contributed by atoms with E-state index in [0.717, 1.165) is 35.4 Å². The van der Waals surface area contributed by atoms with Crippen LogP contribution in [0.2, 0.25) is 0 Å². The standard InChI is InChI=1S/C22H27NO6S2/c24-22(25)7-2-1-3-10-23(11-5-13-31(26,27)28)19-9-8-17-14-18(16-29-20(17)15-19)21-6-4-12-30-21/h4,6,8-9,12,14-15H,1-3,5,7,10-11,13,16H2,(H,24,25)(H,26,27,28). The predicted octanol–water partition coefficient (Wildman–Crippen LogP) is 4.41. The molecule has 0 atom stereocenters. The molecule has 2 heterocycles. The molecule has 3 rings (SSSR count). The Morgan fingerprint density at radius 1 is 1.13 bits per heavy atom. The van der Waals surface area contributed by atoms with E-state index in [0.29, 0.717) is 32.5 Å². The van der Waals surface area contributed by atoms with Gasteiger partial charge in [-0.3, -0.25) is 9.35 Å². The van der Waals surface area contributed by atoms with Crippen LogP contribution < -0.4 is 9.64 Å². The van der Waals surface area contributed by atoms with Gasteiger partial charge in [-0.2, -0.15) is 8.42 Å². The number of carboxylic acid groups (broad SMARTS) is 1. The molecule has 168 valence electrons. The Kier molecular flexibility index (Phi) is 8.11. The van der Waals surface area contributed by atoms with Gasteiger partial charge in [-0.15, -0.1) is 11.3 Å². The number of unbranched alkanes of at least 4 members (excludes halogenated alkanes) is 2. The maximum absolute atomic E-state index is 11.1. The summed E-state index contributed by atoms with van der Waals surface area (Å²) >= 11 is 1.68. The summed E-state index contributed by atoms with van der Waals surface area (Å²) < 4.78 is 37.2. The number of thiophene rings is 1. The highest BCUT2D eigenvalue weighted by Gasteiger charge is 2.17. The van der Waals surface area contributed by atoms with Gasteiger partial charge in [0.15, 0.2) is 0 Å². The molecule has 0 bridgehead atoms. The summed E-state index contributed by atoms with van der Waals surface area (Å²) in [5.74, 6) is -0.313. The molecule has 0 unspecified atom stereocenters. The summed E-state index contributed by atoms with van der Waals surface area (Å²) in [6.45, 7) is 1.63. The molecule has 0 saturated heterocycles. The minimum absolute atomic E-state index is 0.147. The summed E-state index contributed by atoms with van der Waals surface area (Å²) in [4.78, 5) is 13.9. The highest BCUT2D eigenvalue weighted by molar-refractivity contribution is 7.85. The van der Waals surface area contributed by atoms with E-state index in [9.17, 15) is 13.2 Å². The minimum atomic E-state index is -4.01. The zero-order chi connectivity index (χ0) is 22.3. The van der Waals surface area contributed by atoms with Crippen LogP contribution in [0.5, 0.6) is 5.75 Å². The fourth-order valence-electron chi connectivity index (χ4n) is 3.52. The molecule has 1 aromatic heterocycles. The summed E-state index contributed by atoms with van der Waals surface area (Å²) in [7, 11) is -4.01. The van der Waals surface area contributed by atoms with Crippen LogP contribution in [0.3, 0.4) is 0 Å². The van der Waals surface area contributed by atoms with Crippen molar-refractivity contribution in [3.05, 3.63) is 46.2 Å². The van der Waals surface area contributed by atoms with E-state index >= 15 is 0 Å².